The Bertz CT molecular complexity index is 591. The van der Waals surface area contributed by atoms with E-state index in [0.717, 1.165) is 20.7 Å². The molecule has 2 aromatic rings. The largest absolute Gasteiger partial charge is 0.293 e. The van der Waals surface area contributed by atoms with Crippen LogP contribution < -0.4 is 0 Å². The molecule has 0 atom stereocenters. The zero-order valence-electron chi connectivity index (χ0n) is 10.0. The fourth-order valence-electron chi connectivity index (χ4n) is 1.76. The number of carbonyl (C=O) groups excluding carboxylic acids is 1. The normalized spacial score (nSPS) is 10.9. The lowest BCUT2D eigenvalue weighted by Gasteiger charge is -2.04. The molecule has 6 heteroatoms. The van der Waals surface area contributed by atoms with Gasteiger partial charge in [-0.05, 0) is 41.2 Å². The summed E-state index contributed by atoms with van der Waals surface area (Å²) in [6.07, 6.45) is 0.284. The van der Waals surface area contributed by atoms with E-state index >= 15 is 0 Å². The van der Waals surface area contributed by atoms with E-state index in [1.807, 2.05) is 25.3 Å². The summed E-state index contributed by atoms with van der Waals surface area (Å²) in [5.41, 5.74) is 1.56. The molecule has 0 N–H and O–H groups in total. The molecule has 0 aromatic carbocycles. The van der Waals surface area contributed by atoms with E-state index in [-0.39, 0.29) is 12.2 Å². The molecule has 0 fully saturated rings. The molecule has 2 aromatic heterocycles. The van der Waals surface area contributed by atoms with Gasteiger partial charge in [0.25, 0.3) is 0 Å². The summed E-state index contributed by atoms with van der Waals surface area (Å²) in [5, 5.41) is 6.80. The van der Waals surface area contributed by atoms with Crippen molar-refractivity contribution in [1.29, 1.82) is 0 Å². The van der Waals surface area contributed by atoms with E-state index in [1.165, 1.54) is 11.3 Å². The predicted octanol–water partition coefficient (Wildman–Crippen LogP) is 4.11. The van der Waals surface area contributed by atoms with Crippen molar-refractivity contribution >= 4 is 44.7 Å². The maximum atomic E-state index is 12.2. The van der Waals surface area contributed by atoms with Gasteiger partial charge in [-0.1, -0.05) is 11.6 Å². The molecule has 0 radical (unpaired) electrons. The number of aryl methyl sites for hydroxylation is 2. The second-order valence-electron chi connectivity index (χ2n) is 3.86. The van der Waals surface area contributed by atoms with Gasteiger partial charge in [0.1, 0.15) is 0 Å². The van der Waals surface area contributed by atoms with Crippen LogP contribution in [-0.4, -0.2) is 15.6 Å². The summed E-state index contributed by atoms with van der Waals surface area (Å²) < 4.78 is 2.63. The summed E-state index contributed by atoms with van der Waals surface area (Å²) in [5.74, 6) is 0.0633. The highest BCUT2D eigenvalue weighted by molar-refractivity contribution is 9.10. The number of thiophene rings is 1. The molecule has 0 unspecified atom stereocenters. The van der Waals surface area contributed by atoms with Gasteiger partial charge in [0.05, 0.1) is 27.7 Å². The summed E-state index contributed by atoms with van der Waals surface area (Å²) in [6, 6.07) is 1.88. The highest BCUT2D eigenvalue weighted by atomic mass is 79.9. The van der Waals surface area contributed by atoms with Gasteiger partial charge in [0.2, 0.25) is 0 Å². The van der Waals surface area contributed by atoms with Crippen molar-refractivity contribution in [2.45, 2.75) is 26.8 Å². The zero-order chi connectivity index (χ0) is 13.3. The Morgan fingerprint density at radius 3 is 2.89 bits per heavy atom. The number of nitrogens with zero attached hydrogens (tertiary/aromatic N) is 2. The lowest BCUT2D eigenvalue weighted by atomic mass is 10.2. The van der Waals surface area contributed by atoms with Gasteiger partial charge in [-0.3, -0.25) is 9.48 Å². The van der Waals surface area contributed by atoms with Crippen molar-refractivity contribution in [3.63, 3.8) is 0 Å². The van der Waals surface area contributed by atoms with Gasteiger partial charge in [-0.15, -0.1) is 11.3 Å². The zero-order valence-corrected chi connectivity index (χ0v) is 13.2. The van der Waals surface area contributed by atoms with Gasteiger partial charge in [0, 0.05) is 11.0 Å². The van der Waals surface area contributed by atoms with Crippen molar-refractivity contribution in [3.05, 3.63) is 37.2 Å². The van der Waals surface area contributed by atoms with Crippen molar-refractivity contribution in [2.75, 3.05) is 0 Å². The Morgan fingerprint density at radius 2 is 2.33 bits per heavy atom. The molecule has 0 saturated heterocycles. The van der Waals surface area contributed by atoms with Crippen molar-refractivity contribution < 1.29 is 4.79 Å². The summed E-state index contributed by atoms with van der Waals surface area (Å²) >= 11 is 11.0. The highest BCUT2D eigenvalue weighted by Crippen LogP contribution is 2.27. The number of aromatic nitrogens is 2. The van der Waals surface area contributed by atoms with E-state index in [9.17, 15) is 4.79 Å². The molecule has 2 heterocycles. The maximum Gasteiger partial charge on any atom is 0.179 e. The van der Waals surface area contributed by atoms with Crippen molar-refractivity contribution in [1.82, 2.24) is 9.78 Å². The van der Waals surface area contributed by atoms with Gasteiger partial charge in [-0.2, -0.15) is 5.10 Å². The third kappa shape index (κ3) is 2.53. The Kier molecular flexibility index (Phi) is 4.25. The van der Waals surface area contributed by atoms with Crippen LogP contribution in [0.4, 0.5) is 0 Å². The van der Waals surface area contributed by atoms with Crippen molar-refractivity contribution in [2.24, 2.45) is 0 Å². The third-order valence-corrected chi connectivity index (χ3v) is 5.02. The van der Waals surface area contributed by atoms with Crippen LogP contribution in [0.2, 0.25) is 5.02 Å². The molecule has 0 saturated carbocycles. The van der Waals surface area contributed by atoms with Crippen LogP contribution in [0, 0.1) is 6.92 Å². The standard InChI is InChI=1S/C12H12BrClN2OS/c1-3-16-9(11(14)7(2)15-16)6-10(17)12-8(13)4-5-18-12/h4-5H,3,6H2,1-2H3. The molecule has 0 aliphatic carbocycles. The third-order valence-electron chi connectivity index (χ3n) is 2.65. The number of hydrogen-bond donors (Lipinski definition) is 0. The number of ketones is 1. The van der Waals surface area contributed by atoms with E-state index in [1.54, 1.807) is 4.68 Å². The number of carbonyl (C=O) groups is 1. The lowest BCUT2D eigenvalue weighted by Crippen LogP contribution is -2.09. The minimum atomic E-state index is 0.0633. The fourth-order valence-corrected chi connectivity index (χ4v) is 3.50. The highest BCUT2D eigenvalue weighted by Gasteiger charge is 2.19. The Labute approximate surface area is 123 Å². The van der Waals surface area contributed by atoms with Crippen LogP contribution in [-0.2, 0) is 13.0 Å². The minimum Gasteiger partial charge on any atom is -0.293 e. The van der Waals surface area contributed by atoms with Crippen LogP contribution in [0.5, 0.6) is 0 Å². The molecule has 0 aliphatic heterocycles. The van der Waals surface area contributed by atoms with E-state index in [0.29, 0.717) is 11.6 Å². The van der Waals surface area contributed by atoms with Crippen molar-refractivity contribution in [3.8, 4) is 0 Å². The van der Waals surface area contributed by atoms with E-state index < -0.39 is 0 Å². The Hall–Kier alpha value is -0.650. The van der Waals surface area contributed by atoms with E-state index in [2.05, 4.69) is 21.0 Å². The number of Topliss-reactive ketones (excluding diaryl/α,β-unsaturated/α-hetero) is 1. The number of hydrogen-bond acceptors (Lipinski definition) is 3. The van der Waals surface area contributed by atoms with E-state index in [4.69, 9.17) is 11.6 Å². The fraction of sp³-hybridized carbons (Fsp3) is 0.333. The van der Waals surface area contributed by atoms with Crippen LogP contribution >= 0.6 is 38.9 Å². The molecular weight excluding hydrogens is 336 g/mol. The monoisotopic (exact) mass is 346 g/mol. The van der Waals surface area contributed by atoms with Gasteiger partial charge in [-0.25, -0.2) is 0 Å². The lowest BCUT2D eigenvalue weighted by molar-refractivity contribution is 0.0994. The first-order valence-corrected chi connectivity index (χ1v) is 7.57. The molecule has 3 nitrogen and oxygen atoms in total. The summed E-state index contributed by atoms with van der Waals surface area (Å²) in [7, 11) is 0. The first-order chi connectivity index (χ1) is 8.54. The SMILES string of the molecule is CCn1nc(C)c(Cl)c1CC(=O)c1sccc1Br. The second kappa shape index (κ2) is 5.55. The van der Waals surface area contributed by atoms with Gasteiger partial charge in [0.15, 0.2) is 5.78 Å². The molecular formula is C12H12BrClN2OS. The average molecular weight is 348 g/mol. The summed E-state index contributed by atoms with van der Waals surface area (Å²) in [4.78, 5) is 12.9. The minimum absolute atomic E-state index is 0.0633. The first kappa shape index (κ1) is 13.8. The molecule has 0 amide bonds. The Morgan fingerprint density at radius 1 is 1.61 bits per heavy atom. The van der Waals surface area contributed by atoms with Gasteiger partial charge >= 0.3 is 0 Å². The van der Waals surface area contributed by atoms with Crippen LogP contribution in [0.15, 0.2) is 15.9 Å². The first-order valence-electron chi connectivity index (χ1n) is 5.52. The van der Waals surface area contributed by atoms with Crippen LogP contribution in [0.3, 0.4) is 0 Å². The molecule has 0 bridgehead atoms. The maximum absolute atomic E-state index is 12.2. The predicted molar refractivity (Wildman–Crippen MR) is 77.7 cm³/mol. The van der Waals surface area contributed by atoms with Gasteiger partial charge < -0.3 is 0 Å². The smallest absolute Gasteiger partial charge is 0.179 e. The number of halogens is 2. The summed E-state index contributed by atoms with van der Waals surface area (Å²) in [6.45, 7) is 4.54. The van der Waals surface area contributed by atoms with Crippen LogP contribution in [0.25, 0.3) is 0 Å². The van der Waals surface area contributed by atoms with Crippen LogP contribution in [0.1, 0.15) is 28.0 Å². The Balaban J connectivity index is 2.30. The average Bonchev–Trinajstić information content (AvgIpc) is 2.87. The molecule has 0 aliphatic rings. The molecule has 0 spiro atoms. The molecule has 2 rings (SSSR count). The second-order valence-corrected chi connectivity index (χ2v) is 6.01. The number of rotatable bonds is 4. The molecule has 18 heavy (non-hydrogen) atoms. The topological polar surface area (TPSA) is 34.9 Å². The quantitative estimate of drug-likeness (QED) is 0.780. The molecule has 96 valence electrons.